The Hall–Kier alpha value is -1.78. The predicted molar refractivity (Wildman–Crippen MR) is 69.4 cm³/mol. The summed E-state index contributed by atoms with van der Waals surface area (Å²) < 4.78 is 0. The van der Waals surface area contributed by atoms with Gasteiger partial charge in [-0.2, -0.15) is 0 Å². The van der Waals surface area contributed by atoms with Crippen molar-refractivity contribution in [2.45, 2.75) is 31.7 Å². The van der Waals surface area contributed by atoms with Gasteiger partial charge < -0.3 is 15.3 Å². The van der Waals surface area contributed by atoms with E-state index in [2.05, 4.69) is 23.7 Å². The summed E-state index contributed by atoms with van der Waals surface area (Å²) in [5, 5.41) is 27.8. The lowest BCUT2D eigenvalue weighted by Gasteiger charge is -2.03. The molecular formula is C15H16O3. The Morgan fingerprint density at radius 2 is 1.61 bits per heavy atom. The first-order chi connectivity index (χ1) is 8.59. The third-order valence-corrected chi connectivity index (χ3v) is 2.25. The summed E-state index contributed by atoms with van der Waals surface area (Å²) in [6.07, 6.45) is -2.36. The van der Waals surface area contributed by atoms with E-state index >= 15 is 0 Å². The van der Waals surface area contributed by atoms with Gasteiger partial charge in [-0.05, 0) is 24.3 Å². The molecule has 1 rings (SSSR count). The Morgan fingerprint density at radius 1 is 1.00 bits per heavy atom. The van der Waals surface area contributed by atoms with Crippen molar-refractivity contribution in [1.82, 2.24) is 0 Å². The standard InChI is InChI=1S/C15H16O3/c1-12(16)15(18)10-6-5-9-14(17)11-13-7-3-2-4-8-13/h2-4,7-8,12,14-18H,11H2,1H3/t12-,14?,15+/m0/s1. The minimum atomic E-state index is -1.11. The Bertz CT molecular complexity index is 471. The first-order valence-corrected chi connectivity index (χ1v) is 5.69. The highest BCUT2D eigenvalue weighted by Gasteiger charge is 2.05. The fourth-order valence-electron chi connectivity index (χ4n) is 1.24. The van der Waals surface area contributed by atoms with Crippen LogP contribution in [0.4, 0.5) is 0 Å². The van der Waals surface area contributed by atoms with Crippen LogP contribution in [0.25, 0.3) is 0 Å². The number of hydrogen-bond donors (Lipinski definition) is 3. The van der Waals surface area contributed by atoms with E-state index in [1.807, 2.05) is 30.3 Å². The summed E-state index contributed by atoms with van der Waals surface area (Å²) in [6.45, 7) is 1.44. The van der Waals surface area contributed by atoms with Crippen LogP contribution in [-0.4, -0.2) is 33.6 Å². The van der Waals surface area contributed by atoms with E-state index in [1.165, 1.54) is 6.92 Å². The molecule has 94 valence electrons. The molecule has 0 aliphatic rings. The molecule has 1 unspecified atom stereocenters. The summed E-state index contributed by atoms with van der Waals surface area (Å²) in [6, 6.07) is 9.52. The second-order valence-corrected chi connectivity index (χ2v) is 3.93. The largest absolute Gasteiger partial charge is 0.390 e. The van der Waals surface area contributed by atoms with Gasteiger partial charge in [-0.25, -0.2) is 0 Å². The van der Waals surface area contributed by atoms with Crippen molar-refractivity contribution in [2.24, 2.45) is 0 Å². The highest BCUT2D eigenvalue weighted by Crippen LogP contribution is 2.01. The fourth-order valence-corrected chi connectivity index (χ4v) is 1.24. The lowest BCUT2D eigenvalue weighted by Crippen LogP contribution is -2.19. The quantitative estimate of drug-likeness (QED) is 0.672. The molecule has 0 fully saturated rings. The topological polar surface area (TPSA) is 60.7 Å². The first-order valence-electron chi connectivity index (χ1n) is 5.69. The molecule has 3 atom stereocenters. The van der Waals surface area contributed by atoms with Crippen LogP contribution in [0.2, 0.25) is 0 Å². The van der Waals surface area contributed by atoms with Gasteiger partial charge in [-0.3, -0.25) is 0 Å². The van der Waals surface area contributed by atoms with Crippen LogP contribution in [0.1, 0.15) is 12.5 Å². The van der Waals surface area contributed by atoms with Crippen molar-refractivity contribution in [1.29, 1.82) is 0 Å². The molecule has 18 heavy (non-hydrogen) atoms. The van der Waals surface area contributed by atoms with Crippen molar-refractivity contribution >= 4 is 0 Å². The molecule has 3 N–H and O–H groups in total. The average molecular weight is 244 g/mol. The highest BCUT2D eigenvalue weighted by molar-refractivity contribution is 5.30. The molecular weight excluding hydrogens is 228 g/mol. The predicted octanol–water partition coefficient (Wildman–Crippen LogP) is 0.339. The highest BCUT2D eigenvalue weighted by atomic mass is 16.3. The fraction of sp³-hybridized carbons (Fsp3) is 0.333. The van der Waals surface area contributed by atoms with Gasteiger partial charge in [0.25, 0.3) is 0 Å². The van der Waals surface area contributed by atoms with Crippen LogP contribution in [-0.2, 0) is 6.42 Å². The molecule has 0 spiro atoms. The zero-order valence-corrected chi connectivity index (χ0v) is 10.2. The summed E-state index contributed by atoms with van der Waals surface area (Å²) in [4.78, 5) is 0. The minimum Gasteiger partial charge on any atom is -0.390 e. The molecule has 3 heteroatoms. The first kappa shape index (κ1) is 14.3. The van der Waals surface area contributed by atoms with Crippen LogP contribution < -0.4 is 0 Å². The van der Waals surface area contributed by atoms with Crippen molar-refractivity contribution in [3.8, 4) is 23.7 Å². The number of rotatable bonds is 3. The molecule has 0 aliphatic carbocycles. The van der Waals surface area contributed by atoms with Crippen molar-refractivity contribution < 1.29 is 15.3 Å². The number of aliphatic hydroxyl groups excluding tert-OH is 3. The second kappa shape index (κ2) is 7.53. The van der Waals surface area contributed by atoms with Crippen molar-refractivity contribution in [3.63, 3.8) is 0 Å². The van der Waals surface area contributed by atoms with E-state index in [0.717, 1.165) is 5.56 Å². The van der Waals surface area contributed by atoms with Gasteiger partial charge in [0, 0.05) is 6.42 Å². The summed E-state index contributed by atoms with van der Waals surface area (Å²) in [5.74, 6) is 9.80. The molecule has 0 aliphatic heterocycles. The average Bonchev–Trinajstić information content (AvgIpc) is 2.35. The molecule has 0 bridgehead atoms. The monoisotopic (exact) mass is 244 g/mol. The number of benzene rings is 1. The third kappa shape index (κ3) is 5.52. The van der Waals surface area contributed by atoms with Gasteiger partial charge in [-0.1, -0.05) is 42.2 Å². The maximum absolute atomic E-state index is 9.62. The Labute approximate surface area is 107 Å². The molecule has 0 radical (unpaired) electrons. The molecule has 1 aromatic carbocycles. The summed E-state index contributed by atoms with van der Waals surface area (Å²) in [7, 11) is 0. The normalized spacial score (nSPS) is 14.4. The molecule has 0 heterocycles. The SMILES string of the molecule is C[C@H](O)[C@H](O)C#CC#CC(O)Cc1ccccc1. The van der Waals surface area contributed by atoms with Gasteiger partial charge in [0.15, 0.2) is 0 Å². The van der Waals surface area contributed by atoms with E-state index in [4.69, 9.17) is 5.11 Å². The Kier molecular flexibility index (Phi) is 5.97. The van der Waals surface area contributed by atoms with Gasteiger partial charge in [0.1, 0.15) is 12.2 Å². The Morgan fingerprint density at radius 3 is 2.22 bits per heavy atom. The molecule has 0 aromatic heterocycles. The molecule has 0 saturated heterocycles. The van der Waals surface area contributed by atoms with Crippen LogP contribution in [0.5, 0.6) is 0 Å². The maximum Gasteiger partial charge on any atom is 0.141 e. The number of aliphatic hydroxyl groups is 3. The van der Waals surface area contributed by atoms with E-state index < -0.39 is 18.3 Å². The molecule has 3 nitrogen and oxygen atoms in total. The van der Waals surface area contributed by atoms with Gasteiger partial charge in [-0.15, -0.1) is 0 Å². The van der Waals surface area contributed by atoms with Crippen LogP contribution in [0, 0.1) is 23.7 Å². The van der Waals surface area contributed by atoms with E-state index in [9.17, 15) is 10.2 Å². The van der Waals surface area contributed by atoms with E-state index in [0.29, 0.717) is 6.42 Å². The smallest absolute Gasteiger partial charge is 0.141 e. The van der Waals surface area contributed by atoms with Crippen LogP contribution in [0.15, 0.2) is 30.3 Å². The van der Waals surface area contributed by atoms with Crippen molar-refractivity contribution in [2.75, 3.05) is 0 Å². The van der Waals surface area contributed by atoms with E-state index in [-0.39, 0.29) is 0 Å². The summed E-state index contributed by atoms with van der Waals surface area (Å²) >= 11 is 0. The zero-order valence-electron chi connectivity index (χ0n) is 10.2. The summed E-state index contributed by atoms with van der Waals surface area (Å²) in [5.41, 5.74) is 0.997. The van der Waals surface area contributed by atoms with Crippen LogP contribution in [0.3, 0.4) is 0 Å². The molecule has 0 saturated carbocycles. The third-order valence-electron chi connectivity index (χ3n) is 2.25. The van der Waals surface area contributed by atoms with E-state index in [1.54, 1.807) is 0 Å². The van der Waals surface area contributed by atoms with Gasteiger partial charge >= 0.3 is 0 Å². The van der Waals surface area contributed by atoms with Crippen molar-refractivity contribution in [3.05, 3.63) is 35.9 Å². The van der Waals surface area contributed by atoms with Gasteiger partial charge in [0.2, 0.25) is 0 Å². The molecule has 1 aromatic rings. The molecule has 0 amide bonds. The number of hydrogen-bond acceptors (Lipinski definition) is 3. The second-order valence-electron chi connectivity index (χ2n) is 3.93. The minimum absolute atomic E-state index is 0.439. The van der Waals surface area contributed by atoms with Crippen LogP contribution >= 0.6 is 0 Å². The zero-order chi connectivity index (χ0) is 13.4. The lowest BCUT2D eigenvalue weighted by atomic mass is 10.1. The maximum atomic E-state index is 9.62. The van der Waals surface area contributed by atoms with Gasteiger partial charge in [0.05, 0.1) is 6.10 Å². The Balaban J connectivity index is 2.48. The lowest BCUT2D eigenvalue weighted by molar-refractivity contribution is 0.0678.